The van der Waals surface area contributed by atoms with Crippen molar-refractivity contribution >= 4 is 9.84 Å². The van der Waals surface area contributed by atoms with Gasteiger partial charge in [-0.3, -0.25) is 0 Å². The number of tetrazole rings is 1. The summed E-state index contributed by atoms with van der Waals surface area (Å²) in [4.78, 5) is 0.0688. The molecule has 0 aliphatic rings. The minimum Gasteiger partial charge on any atom is -0.223 e. The second-order valence-electron chi connectivity index (χ2n) is 6.19. The Morgan fingerprint density at radius 2 is 1.64 bits per heavy atom. The Morgan fingerprint density at radius 1 is 0.857 bits per heavy atom. The van der Waals surface area contributed by atoms with Gasteiger partial charge in [-0.1, -0.05) is 48.5 Å². The van der Waals surface area contributed by atoms with Crippen LogP contribution in [0.4, 0.5) is 4.39 Å². The lowest BCUT2D eigenvalue weighted by Crippen LogP contribution is -2.07. The molecule has 1 N–H and O–H groups in total. The molecule has 0 spiro atoms. The van der Waals surface area contributed by atoms with Crippen molar-refractivity contribution in [3.8, 4) is 22.5 Å². The number of sulfone groups is 1. The molecule has 0 aliphatic heterocycles. The van der Waals surface area contributed by atoms with Gasteiger partial charge in [0.05, 0.1) is 10.6 Å². The largest absolute Gasteiger partial charge is 0.223 e. The van der Waals surface area contributed by atoms with E-state index in [1.807, 2.05) is 30.3 Å². The van der Waals surface area contributed by atoms with Gasteiger partial charge in [0.1, 0.15) is 5.82 Å². The highest BCUT2D eigenvalue weighted by atomic mass is 32.2. The van der Waals surface area contributed by atoms with Crippen LogP contribution in [0.3, 0.4) is 0 Å². The van der Waals surface area contributed by atoms with E-state index in [0.717, 1.165) is 11.1 Å². The molecule has 0 aliphatic carbocycles. The molecule has 1 aromatic heterocycles. The molecule has 0 fully saturated rings. The number of aromatic amines is 1. The molecule has 0 saturated carbocycles. The zero-order valence-corrected chi connectivity index (χ0v) is 15.4. The van der Waals surface area contributed by atoms with Crippen LogP contribution in [0.1, 0.15) is 5.56 Å². The first-order valence-corrected chi connectivity index (χ1v) is 10.1. The van der Waals surface area contributed by atoms with Crippen LogP contribution in [-0.4, -0.2) is 29.0 Å². The first kappa shape index (κ1) is 18.0. The van der Waals surface area contributed by atoms with Crippen molar-refractivity contribution < 1.29 is 12.8 Å². The number of aromatic nitrogens is 4. The molecule has 0 bridgehead atoms. The summed E-state index contributed by atoms with van der Waals surface area (Å²) in [7, 11) is -3.77. The molecule has 8 heteroatoms. The molecule has 0 saturated heterocycles. The highest BCUT2D eigenvalue weighted by Crippen LogP contribution is 2.26. The van der Waals surface area contributed by atoms with Gasteiger partial charge in [-0.05, 0) is 40.6 Å². The topological polar surface area (TPSA) is 88.6 Å². The number of H-pyrrole nitrogens is 1. The van der Waals surface area contributed by atoms with Gasteiger partial charge >= 0.3 is 0 Å². The normalized spacial score (nSPS) is 11.5. The predicted molar refractivity (Wildman–Crippen MR) is 102 cm³/mol. The number of benzene rings is 3. The summed E-state index contributed by atoms with van der Waals surface area (Å²) in [6.07, 6.45) is 0. The Bertz CT molecular complexity index is 1210. The predicted octanol–water partition coefficient (Wildman–Crippen LogP) is 3.65. The monoisotopic (exact) mass is 394 g/mol. The molecular weight excluding hydrogens is 379 g/mol. The number of halogens is 1. The molecule has 6 nitrogen and oxygen atoms in total. The van der Waals surface area contributed by atoms with Crippen LogP contribution in [0.2, 0.25) is 0 Å². The van der Waals surface area contributed by atoms with Crippen molar-refractivity contribution in [1.29, 1.82) is 0 Å². The van der Waals surface area contributed by atoms with E-state index in [1.54, 1.807) is 24.3 Å². The van der Waals surface area contributed by atoms with Crippen LogP contribution in [0.25, 0.3) is 22.5 Å². The smallest absolute Gasteiger partial charge is 0.204 e. The van der Waals surface area contributed by atoms with E-state index in [9.17, 15) is 12.8 Å². The maximum atomic E-state index is 14.3. The summed E-state index contributed by atoms with van der Waals surface area (Å²) >= 11 is 0. The fraction of sp³-hybridized carbons (Fsp3) is 0.0500. The lowest BCUT2D eigenvalue weighted by molar-refractivity contribution is 0.587. The molecule has 0 atom stereocenters. The van der Waals surface area contributed by atoms with E-state index in [4.69, 9.17) is 0 Å². The maximum absolute atomic E-state index is 14.3. The molecule has 0 amide bonds. The average Bonchev–Trinajstić information content (AvgIpc) is 3.25. The van der Waals surface area contributed by atoms with Crippen molar-refractivity contribution in [3.05, 3.63) is 84.2 Å². The van der Waals surface area contributed by atoms with E-state index in [0.29, 0.717) is 5.56 Å². The highest BCUT2D eigenvalue weighted by molar-refractivity contribution is 7.90. The molecule has 4 rings (SSSR count). The SMILES string of the molecule is O=S(=O)(Cc1cc(-c2ccccc2)ccc1F)c1cccc(-c2nn[nH]n2)c1. The van der Waals surface area contributed by atoms with Gasteiger partial charge in [-0.25, -0.2) is 12.8 Å². The van der Waals surface area contributed by atoms with Crippen molar-refractivity contribution in [2.75, 3.05) is 0 Å². The van der Waals surface area contributed by atoms with E-state index < -0.39 is 21.4 Å². The highest BCUT2D eigenvalue weighted by Gasteiger charge is 2.19. The van der Waals surface area contributed by atoms with Crippen molar-refractivity contribution in [3.63, 3.8) is 0 Å². The Hall–Kier alpha value is -3.39. The molecule has 1 heterocycles. The van der Waals surface area contributed by atoms with Crippen LogP contribution in [-0.2, 0) is 15.6 Å². The number of hydrogen-bond donors (Lipinski definition) is 1. The number of nitrogens with zero attached hydrogens (tertiary/aromatic N) is 3. The third-order valence-corrected chi connectivity index (χ3v) is 5.96. The zero-order valence-electron chi connectivity index (χ0n) is 14.6. The fourth-order valence-corrected chi connectivity index (χ4v) is 4.29. The van der Waals surface area contributed by atoms with Crippen molar-refractivity contribution in [2.45, 2.75) is 10.6 Å². The quantitative estimate of drug-likeness (QED) is 0.558. The van der Waals surface area contributed by atoms with E-state index in [1.165, 1.54) is 18.2 Å². The minimum absolute atomic E-state index is 0.0688. The first-order valence-electron chi connectivity index (χ1n) is 8.43. The molecule has 140 valence electrons. The van der Waals surface area contributed by atoms with Crippen LogP contribution in [0, 0.1) is 5.82 Å². The third-order valence-electron chi connectivity index (χ3n) is 4.30. The van der Waals surface area contributed by atoms with Crippen LogP contribution >= 0.6 is 0 Å². The van der Waals surface area contributed by atoms with E-state index in [2.05, 4.69) is 20.6 Å². The Kier molecular flexibility index (Phi) is 4.70. The molecule has 4 aromatic rings. The first-order chi connectivity index (χ1) is 13.5. The molecule has 0 radical (unpaired) electrons. The summed E-state index contributed by atoms with van der Waals surface area (Å²) in [5, 5.41) is 13.5. The summed E-state index contributed by atoms with van der Waals surface area (Å²) < 4.78 is 40.1. The fourth-order valence-electron chi connectivity index (χ4n) is 2.90. The summed E-state index contributed by atoms with van der Waals surface area (Å²) in [5.41, 5.74) is 2.27. The van der Waals surface area contributed by atoms with Crippen molar-refractivity contribution in [2.24, 2.45) is 0 Å². The van der Waals surface area contributed by atoms with Gasteiger partial charge in [0.2, 0.25) is 5.82 Å². The lowest BCUT2D eigenvalue weighted by atomic mass is 10.0. The lowest BCUT2D eigenvalue weighted by Gasteiger charge is -2.09. The van der Waals surface area contributed by atoms with Gasteiger partial charge in [0, 0.05) is 11.1 Å². The molecule has 3 aromatic carbocycles. The summed E-state index contributed by atoms with van der Waals surface area (Å²) in [6.45, 7) is 0. The number of rotatable bonds is 5. The van der Waals surface area contributed by atoms with Gasteiger partial charge in [-0.2, -0.15) is 5.21 Å². The van der Waals surface area contributed by atoms with Crippen molar-refractivity contribution in [1.82, 2.24) is 20.6 Å². The number of hydrogen-bond acceptors (Lipinski definition) is 5. The summed E-state index contributed by atoms with van der Waals surface area (Å²) in [6, 6.07) is 20.1. The van der Waals surface area contributed by atoms with Crippen LogP contribution in [0.5, 0.6) is 0 Å². The van der Waals surface area contributed by atoms with Gasteiger partial charge < -0.3 is 0 Å². The Morgan fingerprint density at radius 3 is 2.39 bits per heavy atom. The van der Waals surface area contributed by atoms with Gasteiger partial charge in [0.15, 0.2) is 9.84 Å². The number of nitrogens with one attached hydrogen (secondary N) is 1. The second-order valence-corrected chi connectivity index (χ2v) is 8.18. The standard InChI is InChI=1S/C20H15FN4O2S/c21-19-10-9-15(14-5-2-1-3-6-14)11-17(19)13-28(26,27)18-8-4-7-16(12-18)20-22-24-25-23-20/h1-12H,13H2,(H,22,23,24,25). The average molecular weight is 394 g/mol. The molecule has 28 heavy (non-hydrogen) atoms. The Balaban J connectivity index is 1.68. The second kappa shape index (κ2) is 7.32. The maximum Gasteiger partial charge on any atom is 0.204 e. The minimum atomic E-state index is -3.77. The van der Waals surface area contributed by atoms with Gasteiger partial charge in [0.25, 0.3) is 0 Å². The Labute approximate surface area is 161 Å². The molecular formula is C20H15FN4O2S. The summed E-state index contributed by atoms with van der Waals surface area (Å²) in [5.74, 6) is -0.721. The van der Waals surface area contributed by atoms with Crippen LogP contribution in [0.15, 0.2) is 77.7 Å². The van der Waals surface area contributed by atoms with E-state index >= 15 is 0 Å². The third kappa shape index (κ3) is 3.67. The van der Waals surface area contributed by atoms with Gasteiger partial charge in [-0.15, -0.1) is 10.2 Å². The van der Waals surface area contributed by atoms with Crippen LogP contribution < -0.4 is 0 Å². The van der Waals surface area contributed by atoms with E-state index in [-0.39, 0.29) is 16.3 Å². The zero-order chi connectivity index (χ0) is 19.6. The molecule has 0 unspecified atom stereocenters.